The largest absolute Gasteiger partial charge is 0.384 e. The third-order valence-corrected chi connectivity index (χ3v) is 5.14. The smallest absolute Gasteiger partial charge is 0.113 e. The van der Waals surface area contributed by atoms with E-state index in [1.54, 1.807) is 0 Å². The fourth-order valence-corrected chi connectivity index (χ4v) is 3.83. The fraction of sp³-hybridized carbons (Fsp3) is 0.130. The van der Waals surface area contributed by atoms with Crippen molar-refractivity contribution >= 4 is 12.2 Å². The van der Waals surface area contributed by atoms with Crippen LogP contribution in [0.3, 0.4) is 0 Å². The summed E-state index contributed by atoms with van der Waals surface area (Å²) >= 11 is 0. The molecule has 0 aliphatic heterocycles. The van der Waals surface area contributed by atoms with Crippen LogP contribution in [0.5, 0.6) is 0 Å². The zero-order chi connectivity index (χ0) is 18.2. The Bertz CT molecular complexity index is 1170. The Kier molecular flexibility index (Phi) is 3.84. The van der Waals surface area contributed by atoms with Gasteiger partial charge in [-0.2, -0.15) is 0 Å². The normalized spacial score (nSPS) is 20.3. The van der Waals surface area contributed by atoms with E-state index in [4.69, 9.17) is 0 Å². The third kappa shape index (κ3) is 2.84. The second-order valence-electron chi connectivity index (χ2n) is 6.89. The van der Waals surface area contributed by atoms with E-state index in [1.165, 1.54) is 5.56 Å². The predicted octanol–water partition coefficient (Wildman–Crippen LogP) is 1.94. The van der Waals surface area contributed by atoms with E-state index in [2.05, 4.69) is 46.7 Å². The summed E-state index contributed by atoms with van der Waals surface area (Å²) in [6.45, 7) is 0.671. The van der Waals surface area contributed by atoms with Crippen LogP contribution in [-0.4, -0.2) is 26.2 Å². The molecule has 1 heterocycles. The maximum atomic E-state index is 10.6. The van der Waals surface area contributed by atoms with Gasteiger partial charge >= 0.3 is 0 Å². The number of aliphatic hydroxyl groups excluding tert-OH is 1. The summed E-state index contributed by atoms with van der Waals surface area (Å²) in [7, 11) is 0. The summed E-state index contributed by atoms with van der Waals surface area (Å²) in [5, 5.41) is 21.2. The molecule has 1 N–H and O–H groups in total. The molecule has 1 unspecified atom stereocenters. The Morgan fingerprint density at radius 3 is 2.78 bits per heavy atom. The van der Waals surface area contributed by atoms with Gasteiger partial charge in [-0.25, -0.2) is 4.68 Å². The maximum Gasteiger partial charge on any atom is 0.113 e. The molecule has 0 saturated carbocycles. The molecule has 27 heavy (non-hydrogen) atoms. The van der Waals surface area contributed by atoms with Crippen molar-refractivity contribution in [3.63, 3.8) is 0 Å². The summed E-state index contributed by atoms with van der Waals surface area (Å²) in [5.74, 6) is 0. The molecule has 1 aromatic carbocycles. The van der Waals surface area contributed by atoms with Crippen LogP contribution in [0.15, 0.2) is 89.1 Å². The molecule has 0 saturated heterocycles. The van der Waals surface area contributed by atoms with Crippen LogP contribution >= 0.6 is 0 Å². The molecule has 1 atom stereocenters. The first-order chi connectivity index (χ1) is 13.3. The van der Waals surface area contributed by atoms with Crippen molar-refractivity contribution in [2.45, 2.75) is 19.1 Å². The van der Waals surface area contributed by atoms with Crippen LogP contribution in [0.1, 0.15) is 12.0 Å². The van der Waals surface area contributed by atoms with Crippen molar-refractivity contribution in [2.75, 3.05) is 0 Å². The number of aliphatic hydroxyl groups is 1. The van der Waals surface area contributed by atoms with E-state index < -0.39 is 6.10 Å². The van der Waals surface area contributed by atoms with Gasteiger partial charge in [-0.3, -0.25) is 0 Å². The molecule has 2 aromatic rings. The van der Waals surface area contributed by atoms with E-state index in [0.717, 1.165) is 39.4 Å². The van der Waals surface area contributed by atoms with Crippen LogP contribution in [0, 0.1) is 0 Å². The van der Waals surface area contributed by atoms with E-state index in [-0.39, 0.29) is 0 Å². The molecule has 0 amide bonds. The lowest BCUT2D eigenvalue weighted by atomic mass is 9.83. The minimum Gasteiger partial charge on any atom is -0.384 e. The van der Waals surface area contributed by atoms with E-state index >= 15 is 0 Å². The molecule has 132 valence electrons. The minimum absolute atomic E-state index is 0.597. The number of fused-ring (bicyclic) bond motifs is 3. The van der Waals surface area contributed by atoms with Crippen molar-refractivity contribution in [3.8, 4) is 0 Å². The van der Waals surface area contributed by atoms with Gasteiger partial charge in [0.2, 0.25) is 0 Å². The molecule has 5 rings (SSSR count). The fourth-order valence-electron chi connectivity index (χ4n) is 3.83. The first-order valence-corrected chi connectivity index (χ1v) is 9.14. The van der Waals surface area contributed by atoms with Gasteiger partial charge in [-0.15, -0.1) is 5.10 Å². The highest BCUT2D eigenvalue weighted by Gasteiger charge is 2.23. The molecule has 0 radical (unpaired) electrons. The van der Waals surface area contributed by atoms with Crippen molar-refractivity contribution < 1.29 is 5.11 Å². The average Bonchev–Trinajstić information content (AvgIpc) is 3.03. The molecule has 4 nitrogen and oxygen atoms in total. The average molecular weight is 353 g/mol. The summed E-state index contributed by atoms with van der Waals surface area (Å²) in [6, 6.07) is 10.3. The highest BCUT2D eigenvalue weighted by molar-refractivity contribution is 5.72. The zero-order valence-electron chi connectivity index (χ0n) is 14.8. The second-order valence-corrected chi connectivity index (χ2v) is 6.89. The molecule has 3 aliphatic rings. The van der Waals surface area contributed by atoms with Gasteiger partial charge in [0, 0.05) is 0 Å². The van der Waals surface area contributed by atoms with Crippen LogP contribution in [-0.2, 0) is 6.54 Å². The molecule has 0 spiro atoms. The maximum absolute atomic E-state index is 10.6. The molecule has 0 bridgehead atoms. The molecule has 1 aromatic heterocycles. The first-order valence-electron chi connectivity index (χ1n) is 9.14. The second kappa shape index (κ2) is 6.49. The van der Waals surface area contributed by atoms with Crippen molar-refractivity contribution in [2.24, 2.45) is 0 Å². The van der Waals surface area contributed by atoms with E-state index in [0.29, 0.717) is 6.54 Å². The molecular weight excluding hydrogens is 334 g/mol. The highest BCUT2D eigenvalue weighted by Crippen LogP contribution is 2.33. The molecule has 0 fully saturated rings. The Balaban J connectivity index is 1.73. The number of nitrogens with zero attached hydrogens (tertiary/aromatic N) is 3. The van der Waals surface area contributed by atoms with Gasteiger partial charge in [0.1, 0.15) is 5.35 Å². The predicted molar refractivity (Wildman–Crippen MR) is 106 cm³/mol. The molecule has 4 heteroatoms. The van der Waals surface area contributed by atoms with E-state index in [1.807, 2.05) is 47.2 Å². The number of hydrogen-bond donors (Lipinski definition) is 1. The van der Waals surface area contributed by atoms with Crippen LogP contribution < -0.4 is 10.7 Å². The lowest BCUT2D eigenvalue weighted by molar-refractivity contribution is 0.260. The van der Waals surface area contributed by atoms with E-state index in [9.17, 15) is 5.11 Å². The van der Waals surface area contributed by atoms with Crippen LogP contribution in [0.2, 0.25) is 0 Å². The molecule has 3 aliphatic carbocycles. The summed E-state index contributed by atoms with van der Waals surface area (Å²) in [6.07, 6.45) is 16.5. The van der Waals surface area contributed by atoms with Gasteiger partial charge in [-0.05, 0) is 46.4 Å². The lowest BCUT2D eigenvalue weighted by Crippen LogP contribution is -2.33. The topological polar surface area (TPSA) is 50.9 Å². The van der Waals surface area contributed by atoms with Crippen LogP contribution in [0.4, 0.5) is 0 Å². The number of aromatic nitrogens is 3. The van der Waals surface area contributed by atoms with Gasteiger partial charge in [-0.1, -0.05) is 72.0 Å². The summed E-state index contributed by atoms with van der Waals surface area (Å²) in [5.41, 5.74) is 5.42. The third-order valence-electron chi connectivity index (χ3n) is 5.14. The van der Waals surface area contributed by atoms with Crippen molar-refractivity contribution in [1.29, 1.82) is 0 Å². The number of rotatable bonds is 2. The Morgan fingerprint density at radius 1 is 1.04 bits per heavy atom. The van der Waals surface area contributed by atoms with Gasteiger partial charge in [0.15, 0.2) is 0 Å². The zero-order valence-corrected chi connectivity index (χ0v) is 14.8. The summed E-state index contributed by atoms with van der Waals surface area (Å²) < 4.78 is 1.94. The number of allylic oxidation sites excluding steroid dienone is 7. The number of benzene rings is 1. The highest BCUT2D eigenvalue weighted by atomic mass is 16.3. The Hall–Kier alpha value is -3.24. The van der Waals surface area contributed by atoms with Crippen molar-refractivity contribution in [3.05, 3.63) is 105 Å². The van der Waals surface area contributed by atoms with Crippen molar-refractivity contribution in [1.82, 2.24) is 15.0 Å². The van der Waals surface area contributed by atoms with Crippen LogP contribution in [0.25, 0.3) is 12.2 Å². The standard InChI is InChI=1S/C23H19N3O/c27-22-12-6-10-18-13-20-21(14-17-9-4-5-11-19(17)23(18)22)26(25-24-20)15-16-7-2-1-3-8-16/h1-10,12-14,22,27H,11,15H2. The molecular formula is C23H19N3O. The van der Waals surface area contributed by atoms with Gasteiger partial charge in [0.05, 0.1) is 18.0 Å². The van der Waals surface area contributed by atoms with Gasteiger partial charge < -0.3 is 5.11 Å². The quantitative estimate of drug-likeness (QED) is 0.898. The number of hydrogen-bond acceptors (Lipinski definition) is 3. The Labute approximate surface area is 157 Å². The SMILES string of the molecule is OC1C=CC=C2C=c3nnn(Cc4ccccc4)c3=CC3=CC=CCC3=C21. The summed E-state index contributed by atoms with van der Waals surface area (Å²) in [4.78, 5) is 0. The lowest BCUT2D eigenvalue weighted by Gasteiger charge is -2.24. The Morgan fingerprint density at radius 2 is 1.89 bits per heavy atom. The first kappa shape index (κ1) is 16.0. The van der Waals surface area contributed by atoms with Gasteiger partial charge in [0.25, 0.3) is 0 Å². The monoisotopic (exact) mass is 353 g/mol. The minimum atomic E-state index is -0.597.